The Kier molecular flexibility index (Phi) is 6.22. The molecule has 6 nitrogen and oxygen atoms in total. The van der Waals surface area contributed by atoms with Gasteiger partial charge in [-0.25, -0.2) is 8.42 Å². The molecule has 2 aromatic rings. The Morgan fingerprint density at radius 1 is 1.19 bits per heavy atom. The summed E-state index contributed by atoms with van der Waals surface area (Å²) >= 11 is 6.92. The number of nitrogens with zero attached hydrogens (tertiary/aromatic N) is 2. The highest BCUT2D eigenvalue weighted by Gasteiger charge is 2.32. The summed E-state index contributed by atoms with van der Waals surface area (Å²) < 4.78 is 27.5. The maximum absolute atomic E-state index is 12.7. The Hall–Kier alpha value is -1.45. The van der Waals surface area contributed by atoms with Crippen molar-refractivity contribution in [1.29, 1.82) is 0 Å². The molecule has 3 rings (SSSR count). The monoisotopic (exact) mass is 427 g/mol. The van der Waals surface area contributed by atoms with Gasteiger partial charge in [-0.2, -0.15) is 4.31 Å². The molecule has 0 bridgehead atoms. The number of benzene rings is 1. The first-order valence-corrected chi connectivity index (χ1v) is 11.3. The van der Waals surface area contributed by atoms with Crippen molar-refractivity contribution in [3.63, 3.8) is 0 Å². The van der Waals surface area contributed by atoms with Crippen LogP contribution >= 0.6 is 22.9 Å². The van der Waals surface area contributed by atoms with E-state index in [2.05, 4.69) is 5.32 Å². The lowest BCUT2D eigenvalue weighted by molar-refractivity contribution is -0.121. The molecule has 0 saturated carbocycles. The van der Waals surface area contributed by atoms with E-state index in [1.807, 2.05) is 43.0 Å². The van der Waals surface area contributed by atoms with Gasteiger partial charge in [0.25, 0.3) is 10.0 Å². The van der Waals surface area contributed by atoms with Gasteiger partial charge < -0.3 is 5.32 Å². The first-order valence-electron chi connectivity index (χ1n) is 8.64. The Morgan fingerprint density at radius 2 is 1.89 bits per heavy atom. The summed E-state index contributed by atoms with van der Waals surface area (Å²) in [5, 5.41) is 2.92. The van der Waals surface area contributed by atoms with Gasteiger partial charge in [0, 0.05) is 31.9 Å². The third-order valence-corrected chi connectivity index (χ3v) is 8.23. The fourth-order valence-electron chi connectivity index (χ4n) is 3.03. The van der Waals surface area contributed by atoms with Gasteiger partial charge in [0.15, 0.2) is 0 Å². The number of halogens is 1. The standard InChI is InChI=1S/C18H22ClN3O3S2/c1-13-4-3-5-15(12-13)20-18(23)14(2)21-8-10-22(11-9-21)27(24,25)17-7-6-16(19)26-17/h3-7,12,14H,8-11H2,1-2H3,(H,20,23). The molecule has 1 N–H and O–H groups in total. The molecular weight excluding hydrogens is 406 g/mol. The number of carbonyl (C=O) groups is 1. The summed E-state index contributed by atoms with van der Waals surface area (Å²) in [5.74, 6) is -0.0954. The van der Waals surface area contributed by atoms with Crippen LogP contribution in [-0.4, -0.2) is 55.8 Å². The summed E-state index contributed by atoms with van der Waals surface area (Å²) in [7, 11) is -3.52. The normalized spacial score (nSPS) is 17.6. The largest absolute Gasteiger partial charge is 0.325 e. The molecule has 1 amide bonds. The predicted octanol–water partition coefficient (Wildman–Crippen LogP) is 3.04. The van der Waals surface area contributed by atoms with Crippen LogP contribution in [0.3, 0.4) is 0 Å². The molecule has 27 heavy (non-hydrogen) atoms. The number of amides is 1. The lowest BCUT2D eigenvalue weighted by atomic mass is 10.2. The first kappa shape index (κ1) is 20.3. The predicted molar refractivity (Wildman–Crippen MR) is 109 cm³/mol. The van der Waals surface area contributed by atoms with E-state index in [4.69, 9.17) is 11.6 Å². The number of hydrogen-bond acceptors (Lipinski definition) is 5. The van der Waals surface area contributed by atoms with E-state index in [9.17, 15) is 13.2 Å². The van der Waals surface area contributed by atoms with Gasteiger partial charge in [0.1, 0.15) is 4.21 Å². The average Bonchev–Trinajstić information content (AvgIpc) is 3.08. The van der Waals surface area contributed by atoms with Gasteiger partial charge in [-0.3, -0.25) is 9.69 Å². The van der Waals surface area contributed by atoms with E-state index in [1.165, 1.54) is 10.4 Å². The molecule has 1 aliphatic rings. The van der Waals surface area contributed by atoms with E-state index in [0.29, 0.717) is 30.5 Å². The summed E-state index contributed by atoms with van der Waals surface area (Å²) in [6, 6.07) is 10.4. The maximum atomic E-state index is 12.7. The van der Waals surface area contributed by atoms with Crippen LogP contribution in [0.25, 0.3) is 0 Å². The highest BCUT2D eigenvalue weighted by atomic mass is 35.5. The number of aryl methyl sites for hydroxylation is 1. The smallest absolute Gasteiger partial charge is 0.252 e. The fraction of sp³-hybridized carbons (Fsp3) is 0.389. The van der Waals surface area contributed by atoms with Crippen molar-refractivity contribution in [1.82, 2.24) is 9.21 Å². The summed E-state index contributed by atoms with van der Waals surface area (Å²) in [6.45, 7) is 5.51. The SMILES string of the molecule is Cc1cccc(NC(=O)C(C)N2CCN(S(=O)(=O)c3ccc(Cl)s3)CC2)c1. The Morgan fingerprint density at radius 3 is 2.48 bits per heavy atom. The van der Waals surface area contributed by atoms with Crippen molar-refractivity contribution < 1.29 is 13.2 Å². The molecule has 1 aromatic carbocycles. The minimum Gasteiger partial charge on any atom is -0.325 e. The van der Waals surface area contributed by atoms with Crippen molar-refractivity contribution in [3.8, 4) is 0 Å². The second kappa shape index (κ2) is 8.28. The van der Waals surface area contributed by atoms with Crippen molar-refractivity contribution in [2.75, 3.05) is 31.5 Å². The summed E-state index contributed by atoms with van der Waals surface area (Å²) in [6.07, 6.45) is 0. The van der Waals surface area contributed by atoms with E-state index in [-0.39, 0.29) is 16.2 Å². The van der Waals surface area contributed by atoms with E-state index in [0.717, 1.165) is 22.6 Å². The molecule has 1 unspecified atom stereocenters. The van der Waals surface area contributed by atoms with Crippen molar-refractivity contribution in [2.24, 2.45) is 0 Å². The van der Waals surface area contributed by atoms with Gasteiger partial charge >= 0.3 is 0 Å². The minimum atomic E-state index is -3.52. The topological polar surface area (TPSA) is 69.7 Å². The molecule has 0 aliphatic carbocycles. The zero-order valence-electron chi connectivity index (χ0n) is 15.2. The molecule has 1 atom stereocenters. The second-order valence-corrected chi connectivity index (χ2v) is 10.4. The highest BCUT2D eigenvalue weighted by Crippen LogP contribution is 2.28. The molecule has 1 aliphatic heterocycles. The molecule has 1 fully saturated rings. The second-order valence-electron chi connectivity index (χ2n) is 6.53. The lowest BCUT2D eigenvalue weighted by Gasteiger charge is -2.36. The van der Waals surface area contributed by atoms with Crippen LogP contribution in [0.1, 0.15) is 12.5 Å². The minimum absolute atomic E-state index is 0.0954. The Bertz CT molecular complexity index is 921. The number of piperazine rings is 1. The highest BCUT2D eigenvalue weighted by molar-refractivity contribution is 7.91. The zero-order valence-corrected chi connectivity index (χ0v) is 17.6. The fourth-order valence-corrected chi connectivity index (χ4v) is 6.09. The van der Waals surface area contributed by atoms with Gasteiger partial charge in [0.2, 0.25) is 5.91 Å². The number of thiophene rings is 1. The van der Waals surface area contributed by atoms with Gasteiger partial charge in [-0.15, -0.1) is 11.3 Å². The van der Waals surface area contributed by atoms with Crippen molar-refractivity contribution in [3.05, 3.63) is 46.3 Å². The van der Waals surface area contributed by atoms with Crippen molar-refractivity contribution in [2.45, 2.75) is 24.1 Å². The number of nitrogens with one attached hydrogen (secondary N) is 1. The zero-order chi connectivity index (χ0) is 19.6. The maximum Gasteiger partial charge on any atom is 0.252 e. The number of carbonyl (C=O) groups excluding carboxylic acids is 1. The molecule has 1 saturated heterocycles. The molecular formula is C18H22ClN3O3S2. The van der Waals surface area contributed by atoms with E-state index in [1.54, 1.807) is 6.07 Å². The first-order chi connectivity index (χ1) is 12.8. The molecule has 0 radical (unpaired) electrons. The van der Waals surface area contributed by atoms with Crippen LogP contribution in [0.5, 0.6) is 0 Å². The van der Waals surface area contributed by atoms with Crippen LogP contribution in [0.2, 0.25) is 4.34 Å². The van der Waals surface area contributed by atoms with Crippen LogP contribution in [-0.2, 0) is 14.8 Å². The lowest BCUT2D eigenvalue weighted by Crippen LogP contribution is -2.53. The summed E-state index contributed by atoms with van der Waals surface area (Å²) in [4.78, 5) is 14.5. The summed E-state index contributed by atoms with van der Waals surface area (Å²) in [5.41, 5.74) is 1.84. The van der Waals surface area contributed by atoms with E-state index < -0.39 is 10.0 Å². The molecule has 0 spiro atoms. The van der Waals surface area contributed by atoms with Crippen LogP contribution in [0, 0.1) is 6.92 Å². The number of anilines is 1. The quantitative estimate of drug-likeness (QED) is 0.796. The molecule has 2 heterocycles. The molecule has 146 valence electrons. The van der Waals surface area contributed by atoms with Crippen LogP contribution < -0.4 is 5.32 Å². The Labute approximate surface area is 168 Å². The van der Waals surface area contributed by atoms with Crippen LogP contribution in [0.15, 0.2) is 40.6 Å². The number of rotatable bonds is 5. The average molecular weight is 428 g/mol. The molecule has 1 aromatic heterocycles. The van der Waals surface area contributed by atoms with Gasteiger partial charge in [-0.05, 0) is 43.7 Å². The van der Waals surface area contributed by atoms with Gasteiger partial charge in [-0.1, -0.05) is 23.7 Å². The van der Waals surface area contributed by atoms with Crippen molar-refractivity contribution >= 4 is 44.6 Å². The van der Waals surface area contributed by atoms with E-state index >= 15 is 0 Å². The third-order valence-electron chi connectivity index (χ3n) is 4.63. The third kappa shape index (κ3) is 4.70. The van der Waals surface area contributed by atoms with Crippen LogP contribution in [0.4, 0.5) is 5.69 Å². The Balaban J connectivity index is 1.59. The number of sulfonamides is 1. The molecule has 9 heteroatoms. The van der Waals surface area contributed by atoms with Gasteiger partial charge in [0.05, 0.1) is 10.4 Å². The number of hydrogen-bond donors (Lipinski definition) is 1.